The summed E-state index contributed by atoms with van der Waals surface area (Å²) in [6.45, 7) is 1.80. The fourth-order valence-corrected chi connectivity index (χ4v) is 3.19. The zero-order valence-corrected chi connectivity index (χ0v) is 18.4. The molecule has 3 amide bonds. The smallest absolute Gasteiger partial charge is 0.319 e. The van der Waals surface area contributed by atoms with Crippen molar-refractivity contribution in [1.82, 2.24) is 10.6 Å². The van der Waals surface area contributed by atoms with E-state index in [1.165, 1.54) is 0 Å². The van der Waals surface area contributed by atoms with E-state index >= 15 is 0 Å². The van der Waals surface area contributed by atoms with E-state index in [0.29, 0.717) is 11.3 Å². The lowest BCUT2D eigenvalue weighted by Gasteiger charge is -2.21. The summed E-state index contributed by atoms with van der Waals surface area (Å²) >= 11 is 3.38. The number of nitrogens with one attached hydrogen (secondary N) is 4. The molecule has 2 atom stereocenters. The third-order valence-electron chi connectivity index (χ3n) is 4.43. The van der Waals surface area contributed by atoms with Crippen LogP contribution in [0.3, 0.4) is 0 Å². The van der Waals surface area contributed by atoms with Crippen LogP contribution in [0.1, 0.15) is 36.9 Å². The first kappa shape index (κ1) is 23.9. The molecular formula is C21H24BrN5O4. The van der Waals surface area contributed by atoms with Crippen LogP contribution >= 0.6 is 15.9 Å². The molecule has 0 saturated heterocycles. The standard InChI is InChI=1S/C21H24BrN5O4/c1-12(14-3-2-4-15(22)11-14)25-20(30)17(9-10-18(28)29)27-21(31)26-16-7-5-13(6-8-16)19(23)24/h2-8,11-12,17H,9-10H2,1H3,(H3,23,24)(H,25,30)(H,28,29)(H2,26,27,31). The number of benzene rings is 2. The van der Waals surface area contributed by atoms with Gasteiger partial charge in [0, 0.05) is 22.1 Å². The van der Waals surface area contributed by atoms with Crippen LogP contribution in [-0.4, -0.2) is 34.9 Å². The van der Waals surface area contributed by atoms with Gasteiger partial charge in [-0.1, -0.05) is 28.1 Å². The molecule has 9 nitrogen and oxygen atoms in total. The fraction of sp³-hybridized carbons (Fsp3) is 0.238. The molecule has 0 saturated carbocycles. The maximum Gasteiger partial charge on any atom is 0.319 e. The number of halogens is 1. The van der Waals surface area contributed by atoms with Crippen molar-refractivity contribution in [1.29, 1.82) is 5.41 Å². The van der Waals surface area contributed by atoms with Crippen LogP contribution in [0.15, 0.2) is 53.0 Å². The lowest BCUT2D eigenvalue weighted by Crippen LogP contribution is -2.48. The van der Waals surface area contributed by atoms with Gasteiger partial charge in [-0.15, -0.1) is 0 Å². The van der Waals surface area contributed by atoms with Crippen molar-refractivity contribution in [3.05, 3.63) is 64.1 Å². The molecule has 10 heteroatoms. The predicted molar refractivity (Wildman–Crippen MR) is 121 cm³/mol. The first-order valence-corrected chi connectivity index (χ1v) is 10.2. The average Bonchev–Trinajstić information content (AvgIpc) is 2.71. The number of nitrogen functional groups attached to an aromatic ring is 1. The first-order valence-electron chi connectivity index (χ1n) is 9.45. The molecule has 31 heavy (non-hydrogen) atoms. The summed E-state index contributed by atoms with van der Waals surface area (Å²) < 4.78 is 0.863. The van der Waals surface area contributed by atoms with Gasteiger partial charge in [-0.05, 0) is 55.3 Å². The van der Waals surface area contributed by atoms with Gasteiger partial charge >= 0.3 is 12.0 Å². The Hall–Kier alpha value is -3.40. The second kappa shape index (κ2) is 11.1. The van der Waals surface area contributed by atoms with E-state index in [4.69, 9.17) is 16.2 Å². The van der Waals surface area contributed by atoms with Gasteiger partial charge in [0.1, 0.15) is 11.9 Å². The van der Waals surface area contributed by atoms with E-state index in [9.17, 15) is 14.4 Å². The van der Waals surface area contributed by atoms with Crippen LogP contribution in [-0.2, 0) is 9.59 Å². The number of carbonyl (C=O) groups is 3. The average molecular weight is 490 g/mol. The summed E-state index contributed by atoms with van der Waals surface area (Å²) in [6, 6.07) is 11.7. The third kappa shape index (κ3) is 7.74. The summed E-state index contributed by atoms with van der Waals surface area (Å²) in [4.78, 5) is 36.1. The molecule has 0 aliphatic heterocycles. The Morgan fingerprint density at radius 3 is 2.39 bits per heavy atom. The Labute approximate surface area is 188 Å². The van der Waals surface area contributed by atoms with Crippen molar-refractivity contribution in [3.8, 4) is 0 Å². The van der Waals surface area contributed by atoms with E-state index in [1.807, 2.05) is 24.3 Å². The molecule has 2 aromatic rings. The Morgan fingerprint density at radius 1 is 1.13 bits per heavy atom. The van der Waals surface area contributed by atoms with E-state index in [-0.39, 0.29) is 24.7 Å². The first-order chi connectivity index (χ1) is 14.7. The summed E-state index contributed by atoms with van der Waals surface area (Å²) in [6.07, 6.45) is -0.347. The minimum Gasteiger partial charge on any atom is -0.481 e. The number of carboxylic acid groups (broad SMARTS) is 1. The minimum atomic E-state index is -1.07. The normalized spacial score (nSPS) is 12.3. The number of hydrogen-bond donors (Lipinski definition) is 6. The third-order valence-corrected chi connectivity index (χ3v) is 4.92. The number of nitrogens with two attached hydrogens (primary N) is 1. The maximum absolute atomic E-state index is 12.7. The molecule has 2 rings (SSSR count). The number of carboxylic acids is 1. The van der Waals surface area contributed by atoms with Gasteiger partial charge < -0.3 is 26.8 Å². The quantitative estimate of drug-likeness (QED) is 0.235. The predicted octanol–water partition coefficient (Wildman–Crippen LogP) is 2.97. The number of rotatable bonds is 9. The molecule has 0 aliphatic rings. The van der Waals surface area contributed by atoms with Crippen LogP contribution < -0.4 is 21.7 Å². The minimum absolute atomic E-state index is 0.0664. The van der Waals surface area contributed by atoms with Crippen molar-refractivity contribution in [3.63, 3.8) is 0 Å². The maximum atomic E-state index is 12.7. The van der Waals surface area contributed by atoms with Crippen LogP contribution in [0, 0.1) is 5.41 Å². The van der Waals surface area contributed by atoms with Crippen LogP contribution in [0.2, 0.25) is 0 Å². The van der Waals surface area contributed by atoms with E-state index in [1.54, 1.807) is 31.2 Å². The van der Waals surface area contributed by atoms with E-state index < -0.39 is 23.9 Å². The largest absolute Gasteiger partial charge is 0.481 e. The van der Waals surface area contributed by atoms with Gasteiger partial charge in [-0.3, -0.25) is 15.0 Å². The highest BCUT2D eigenvalue weighted by Crippen LogP contribution is 2.18. The lowest BCUT2D eigenvalue weighted by atomic mass is 10.1. The molecule has 0 heterocycles. The summed E-state index contributed by atoms with van der Waals surface area (Å²) in [7, 11) is 0. The van der Waals surface area contributed by atoms with Gasteiger partial charge in [0.15, 0.2) is 0 Å². The summed E-state index contributed by atoms with van der Waals surface area (Å²) in [5.41, 5.74) is 7.20. The highest BCUT2D eigenvalue weighted by Gasteiger charge is 2.23. The number of aliphatic carboxylic acids is 1. The molecule has 0 radical (unpaired) electrons. The molecule has 0 bridgehead atoms. The lowest BCUT2D eigenvalue weighted by molar-refractivity contribution is -0.137. The number of urea groups is 1. The molecule has 0 aliphatic carbocycles. The van der Waals surface area contributed by atoms with Crippen LogP contribution in [0.4, 0.5) is 10.5 Å². The topological polar surface area (TPSA) is 157 Å². The zero-order chi connectivity index (χ0) is 23.0. The number of amidine groups is 1. The van der Waals surface area contributed by atoms with E-state index in [0.717, 1.165) is 10.0 Å². The number of carbonyl (C=O) groups excluding carboxylic acids is 2. The molecule has 2 unspecified atom stereocenters. The number of hydrogen-bond acceptors (Lipinski definition) is 4. The highest BCUT2D eigenvalue weighted by atomic mass is 79.9. The Kier molecular flexibility index (Phi) is 8.56. The fourth-order valence-electron chi connectivity index (χ4n) is 2.77. The van der Waals surface area contributed by atoms with Crippen molar-refractivity contribution >= 4 is 45.4 Å². The molecule has 7 N–H and O–H groups in total. The molecule has 2 aromatic carbocycles. The summed E-state index contributed by atoms with van der Waals surface area (Å²) in [5.74, 6) is -1.66. The van der Waals surface area contributed by atoms with Crippen molar-refractivity contribution in [2.24, 2.45) is 5.73 Å². The molecular weight excluding hydrogens is 466 g/mol. The molecule has 0 fully saturated rings. The second-order valence-electron chi connectivity index (χ2n) is 6.86. The van der Waals surface area contributed by atoms with Gasteiger partial charge in [-0.25, -0.2) is 4.79 Å². The number of anilines is 1. The molecule has 0 aromatic heterocycles. The van der Waals surface area contributed by atoms with Crippen molar-refractivity contribution < 1.29 is 19.5 Å². The Morgan fingerprint density at radius 2 is 1.81 bits per heavy atom. The Balaban J connectivity index is 2.04. The monoisotopic (exact) mass is 489 g/mol. The summed E-state index contributed by atoms with van der Waals surface area (Å²) in [5, 5.41) is 24.3. The van der Waals surface area contributed by atoms with Gasteiger partial charge in [0.25, 0.3) is 0 Å². The van der Waals surface area contributed by atoms with E-state index in [2.05, 4.69) is 31.9 Å². The van der Waals surface area contributed by atoms with Gasteiger partial charge in [0.05, 0.1) is 6.04 Å². The van der Waals surface area contributed by atoms with Crippen LogP contribution in [0.5, 0.6) is 0 Å². The van der Waals surface area contributed by atoms with Gasteiger partial charge in [0.2, 0.25) is 5.91 Å². The number of amides is 3. The zero-order valence-electron chi connectivity index (χ0n) is 16.8. The highest BCUT2D eigenvalue weighted by molar-refractivity contribution is 9.10. The van der Waals surface area contributed by atoms with Crippen molar-refractivity contribution in [2.75, 3.05) is 5.32 Å². The molecule has 164 valence electrons. The molecule has 0 spiro atoms. The SMILES string of the molecule is CC(NC(=O)C(CCC(=O)O)NC(=O)Nc1ccc(C(=N)N)cc1)c1cccc(Br)c1. The van der Waals surface area contributed by atoms with Crippen molar-refractivity contribution in [2.45, 2.75) is 31.8 Å². The van der Waals surface area contributed by atoms with Gasteiger partial charge in [-0.2, -0.15) is 0 Å². The van der Waals surface area contributed by atoms with Crippen LogP contribution in [0.25, 0.3) is 0 Å². The second-order valence-corrected chi connectivity index (χ2v) is 7.78. The Bertz CT molecular complexity index is 964.